The number of benzene rings is 3. The van der Waals surface area contributed by atoms with Crippen LogP contribution in [0.2, 0.25) is 0 Å². The number of fused-ring (bicyclic) bond motifs is 3. The second-order valence-electron chi connectivity index (χ2n) is 9.77. The van der Waals surface area contributed by atoms with E-state index in [9.17, 15) is 9.59 Å². The van der Waals surface area contributed by atoms with Crippen LogP contribution in [-0.2, 0) is 11.2 Å². The Kier molecular flexibility index (Phi) is 10.1. The lowest BCUT2D eigenvalue weighted by Crippen LogP contribution is -2.38. The number of nitrogens with one attached hydrogen (secondary N) is 2. The van der Waals surface area contributed by atoms with Gasteiger partial charge in [-0.15, -0.1) is 0 Å². The Morgan fingerprint density at radius 3 is 2.56 bits per heavy atom. The van der Waals surface area contributed by atoms with Crippen molar-refractivity contribution in [2.75, 3.05) is 46.0 Å². The number of hydrogen-bond acceptors (Lipinski definition) is 5. The summed E-state index contributed by atoms with van der Waals surface area (Å²) in [4.78, 5) is 28.2. The average molecular weight is 530 g/mol. The topological polar surface area (TPSA) is 79.9 Å². The highest BCUT2D eigenvalue weighted by Gasteiger charge is 2.20. The number of nitrogens with zero attached hydrogens (tertiary/aromatic N) is 1. The fourth-order valence-electron chi connectivity index (χ4n) is 4.90. The van der Waals surface area contributed by atoms with Gasteiger partial charge in [0.2, 0.25) is 0 Å². The minimum absolute atomic E-state index is 0.0825. The first-order chi connectivity index (χ1) is 19.0. The fourth-order valence-corrected chi connectivity index (χ4v) is 4.90. The molecule has 1 atom stereocenters. The van der Waals surface area contributed by atoms with Crippen LogP contribution in [0.1, 0.15) is 62.9 Å². The maximum atomic E-state index is 13.4. The quantitative estimate of drug-likeness (QED) is 0.470. The summed E-state index contributed by atoms with van der Waals surface area (Å²) in [6, 6.07) is 21.7. The average Bonchev–Trinajstić information content (AvgIpc) is 2.95. The van der Waals surface area contributed by atoms with Crippen molar-refractivity contribution in [3.63, 3.8) is 0 Å². The van der Waals surface area contributed by atoms with Gasteiger partial charge in [0.25, 0.3) is 11.8 Å². The number of aryl methyl sites for hydroxylation is 1. The number of rotatable bonds is 7. The first-order valence-electron chi connectivity index (χ1n) is 13.8. The molecule has 7 heteroatoms. The van der Waals surface area contributed by atoms with E-state index < -0.39 is 0 Å². The minimum Gasteiger partial charge on any atom is -0.491 e. The highest BCUT2D eigenvalue weighted by molar-refractivity contribution is 5.95. The highest BCUT2D eigenvalue weighted by atomic mass is 16.5. The Hall–Kier alpha value is -3.68. The molecule has 0 saturated carbocycles. The Labute approximate surface area is 231 Å². The monoisotopic (exact) mass is 529 g/mol. The number of amides is 2. The molecule has 0 spiro atoms. The Balaban J connectivity index is 1.55. The summed E-state index contributed by atoms with van der Waals surface area (Å²) in [6.07, 6.45) is 0.532. The van der Waals surface area contributed by atoms with E-state index in [0.717, 1.165) is 24.2 Å². The van der Waals surface area contributed by atoms with Crippen LogP contribution in [0, 0.1) is 6.92 Å². The Morgan fingerprint density at radius 2 is 1.79 bits per heavy atom. The standard InChI is InChI=1S/C32H39N3O4/c1-4-35(5-2)29(25-11-9-23(3)10-12-25)22-34-32(37)27-13-14-30-28(21-27)20-24-7-6-8-26(19-24)31(36)33-15-16-38-17-18-39-30/h6-14,19,21,29H,4-5,15-18,20,22H2,1-3H3,(H,33,36)(H,34,37). The molecule has 0 saturated heterocycles. The Bertz CT molecular complexity index is 1250. The second-order valence-corrected chi connectivity index (χ2v) is 9.77. The summed E-state index contributed by atoms with van der Waals surface area (Å²) in [7, 11) is 0. The smallest absolute Gasteiger partial charge is 0.251 e. The third-order valence-corrected chi connectivity index (χ3v) is 7.09. The molecule has 0 aromatic heterocycles. The zero-order chi connectivity index (χ0) is 27.6. The van der Waals surface area contributed by atoms with Gasteiger partial charge in [-0.1, -0.05) is 55.8 Å². The van der Waals surface area contributed by atoms with E-state index in [2.05, 4.69) is 60.6 Å². The molecular formula is C32H39N3O4. The summed E-state index contributed by atoms with van der Waals surface area (Å²) < 4.78 is 11.6. The largest absolute Gasteiger partial charge is 0.491 e. The van der Waals surface area contributed by atoms with Crippen molar-refractivity contribution in [1.82, 2.24) is 15.5 Å². The number of carbonyl (C=O) groups is 2. The molecule has 0 aliphatic carbocycles. The van der Waals surface area contributed by atoms with Gasteiger partial charge in [-0.25, -0.2) is 0 Å². The lowest BCUT2D eigenvalue weighted by atomic mass is 9.99. The lowest BCUT2D eigenvalue weighted by Gasteiger charge is -2.30. The van der Waals surface area contributed by atoms with Crippen molar-refractivity contribution in [2.45, 2.75) is 33.2 Å². The van der Waals surface area contributed by atoms with Crippen molar-refractivity contribution in [2.24, 2.45) is 0 Å². The van der Waals surface area contributed by atoms with E-state index >= 15 is 0 Å². The van der Waals surface area contributed by atoms with Gasteiger partial charge in [-0.2, -0.15) is 0 Å². The van der Waals surface area contributed by atoms with Crippen molar-refractivity contribution in [3.05, 3.63) is 100 Å². The lowest BCUT2D eigenvalue weighted by molar-refractivity contribution is 0.0865. The van der Waals surface area contributed by atoms with Gasteiger partial charge < -0.3 is 20.1 Å². The zero-order valence-corrected chi connectivity index (χ0v) is 23.2. The molecule has 2 N–H and O–H groups in total. The van der Waals surface area contributed by atoms with Crippen molar-refractivity contribution in [3.8, 4) is 5.75 Å². The van der Waals surface area contributed by atoms with Crippen LogP contribution < -0.4 is 15.4 Å². The molecular weight excluding hydrogens is 490 g/mol. The van der Waals surface area contributed by atoms with Crippen LogP contribution >= 0.6 is 0 Å². The van der Waals surface area contributed by atoms with Crippen LogP contribution in [0.4, 0.5) is 0 Å². The van der Waals surface area contributed by atoms with Crippen LogP contribution in [0.15, 0.2) is 66.7 Å². The van der Waals surface area contributed by atoms with Crippen molar-refractivity contribution < 1.29 is 19.1 Å². The maximum absolute atomic E-state index is 13.4. The van der Waals surface area contributed by atoms with E-state index in [4.69, 9.17) is 9.47 Å². The van der Waals surface area contributed by atoms with Gasteiger partial charge in [0, 0.05) is 30.6 Å². The first-order valence-corrected chi connectivity index (χ1v) is 13.8. The van der Waals surface area contributed by atoms with Crippen LogP contribution in [-0.4, -0.2) is 62.7 Å². The van der Waals surface area contributed by atoms with Crippen LogP contribution in [0.3, 0.4) is 0 Å². The summed E-state index contributed by atoms with van der Waals surface area (Å²) in [6.45, 7) is 10.3. The number of carbonyl (C=O) groups excluding carboxylic acids is 2. The predicted octanol–water partition coefficient (Wildman–Crippen LogP) is 4.54. The first kappa shape index (κ1) is 28.3. The molecule has 1 aliphatic heterocycles. The molecule has 7 nitrogen and oxygen atoms in total. The Morgan fingerprint density at radius 1 is 1.00 bits per heavy atom. The number of hydrogen-bond donors (Lipinski definition) is 2. The molecule has 0 radical (unpaired) electrons. The third kappa shape index (κ3) is 7.68. The normalized spacial score (nSPS) is 14.9. The summed E-state index contributed by atoms with van der Waals surface area (Å²) in [5.74, 6) is 0.458. The maximum Gasteiger partial charge on any atom is 0.251 e. The molecule has 3 aromatic carbocycles. The van der Waals surface area contributed by atoms with Gasteiger partial charge in [0.05, 0.1) is 19.3 Å². The molecule has 1 unspecified atom stereocenters. The van der Waals surface area contributed by atoms with Crippen LogP contribution in [0.5, 0.6) is 5.75 Å². The molecule has 2 amide bonds. The predicted molar refractivity (Wildman–Crippen MR) is 154 cm³/mol. The molecule has 0 fully saturated rings. The van der Waals surface area contributed by atoms with E-state index in [1.807, 2.05) is 30.3 Å². The van der Waals surface area contributed by atoms with Crippen LogP contribution in [0.25, 0.3) is 0 Å². The van der Waals surface area contributed by atoms with E-state index in [1.165, 1.54) is 11.1 Å². The molecule has 39 heavy (non-hydrogen) atoms. The molecule has 206 valence electrons. The fraction of sp³-hybridized carbons (Fsp3) is 0.375. The van der Waals surface area contributed by atoms with Gasteiger partial charge >= 0.3 is 0 Å². The molecule has 1 aliphatic rings. The molecule has 3 aromatic rings. The van der Waals surface area contributed by atoms with Gasteiger partial charge in [0.1, 0.15) is 12.4 Å². The van der Waals surface area contributed by atoms with Crippen molar-refractivity contribution >= 4 is 11.8 Å². The SMILES string of the molecule is CCN(CC)C(CNC(=O)c1ccc2c(c1)Cc1cccc(c1)C(=O)NCCOCCO2)c1ccc(C)cc1. The van der Waals surface area contributed by atoms with E-state index in [-0.39, 0.29) is 17.9 Å². The van der Waals surface area contributed by atoms with Crippen molar-refractivity contribution in [1.29, 1.82) is 0 Å². The molecule has 2 bridgehead atoms. The van der Waals surface area contributed by atoms with Gasteiger partial charge in [0.15, 0.2) is 0 Å². The van der Waals surface area contributed by atoms with E-state index in [1.54, 1.807) is 12.1 Å². The molecule has 4 rings (SSSR count). The zero-order valence-electron chi connectivity index (χ0n) is 23.2. The summed E-state index contributed by atoms with van der Waals surface area (Å²) in [5.41, 5.74) is 5.43. The van der Waals surface area contributed by atoms with E-state index in [0.29, 0.717) is 56.2 Å². The molecule has 1 heterocycles. The van der Waals surface area contributed by atoms with Gasteiger partial charge in [-0.05, 0) is 67.0 Å². The second kappa shape index (κ2) is 13.9. The summed E-state index contributed by atoms with van der Waals surface area (Å²) >= 11 is 0. The minimum atomic E-state index is -0.127. The summed E-state index contributed by atoms with van der Waals surface area (Å²) in [5, 5.41) is 6.05. The van der Waals surface area contributed by atoms with Gasteiger partial charge in [-0.3, -0.25) is 14.5 Å². The number of ether oxygens (including phenoxy) is 2. The highest BCUT2D eigenvalue weighted by Crippen LogP contribution is 2.25. The third-order valence-electron chi connectivity index (χ3n) is 7.09. The number of likely N-dealkylation sites (N-methyl/N-ethyl adjacent to an activating group) is 1.